The van der Waals surface area contributed by atoms with E-state index in [-0.39, 0.29) is 0 Å². The van der Waals surface area contributed by atoms with Crippen LogP contribution >= 0.6 is 11.6 Å². The Morgan fingerprint density at radius 3 is 2.39 bits per heavy atom. The summed E-state index contributed by atoms with van der Waals surface area (Å²) in [4.78, 5) is 8.33. The highest BCUT2D eigenvalue weighted by Crippen LogP contribution is 2.24. The van der Waals surface area contributed by atoms with Crippen molar-refractivity contribution in [1.29, 1.82) is 0 Å². The molecule has 1 aromatic heterocycles. The third-order valence-corrected chi connectivity index (χ3v) is 3.38. The smallest absolute Gasteiger partial charge is 0.223 e. The van der Waals surface area contributed by atoms with Crippen LogP contribution in [0.1, 0.15) is 37.4 Å². The molecule has 94 valence electrons. The van der Waals surface area contributed by atoms with E-state index in [1.165, 1.54) is 5.56 Å². The van der Waals surface area contributed by atoms with Crippen LogP contribution in [0.15, 0.2) is 30.3 Å². The van der Waals surface area contributed by atoms with Crippen LogP contribution in [0.2, 0.25) is 5.28 Å². The monoisotopic (exact) mass is 260 g/mol. The van der Waals surface area contributed by atoms with E-state index < -0.39 is 0 Å². The van der Waals surface area contributed by atoms with E-state index in [9.17, 15) is 0 Å². The summed E-state index contributed by atoms with van der Waals surface area (Å²) in [7, 11) is 0. The Labute approximate surface area is 113 Å². The summed E-state index contributed by atoms with van der Waals surface area (Å²) in [6, 6.07) is 10.5. The Hall–Kier alpha value is -1.41. The quantitative estimate of drug-likeness (QED) is 0.753. The van der Waals surface area contributed by atoms with E-state index in [0.717, 1.165) is 23.4 Å². The van der Waals surface area contributed by atoms with E-state index in [4.69, 9.17) is 11.6 Å². The molecular weight excluding hydrogens is 244 g/mol. The van der Waals surface area contributed by atoms with Crippen molar-refractivity contribution in [3.8, 4) is 11.3 Å². The minimum atomic E-state index is 0.302. The van der Waals surface area contributed by atoms with Crippen LogP contribution in [0.25, 0.3) is 11.3 Å². The maximum atomic E-state index is 5.88. The van der Waals surface area contributed by atoms with Crippen LogP contribution in [-0.4, -0.2) is 9.97 Å². The highest BCUT2D eigenvalue weighted by Gasteiger charge is 2.06. The number of halogens is 1. The third-order valence-electron chi connectivity index (χ3n) is 3.21. The average Bonchev–Trinajstić information content (AvgIpc) is 2.37. The molecule has 0 radical (unpaired) electrons. The second kappa shape index (κ2) is 5.49. The summed E-state index contributed by atoms with van der Waals surface area (Å²) >= 11 is 5.88. The maximum Gasteiger partial charge on any atom is 0.223 e. The number of nitrogens with zero attached hydrogens (tertiary/aromatic N) is 2. The van der Waals surface area contributed by atoms with E-state index >= 15 is 0 Å². The van der Waals surface area contributed by atoms with E-state index in [1.807, 2.05) is 13.0 Å². The standard InChI is InChI=1S/C15H17ClN2/c1-4-10(2)12-5-7-13(8-6-12)14-9-11(3)17-15(16)18-14/h5-10H,4H2,1-3H3. The molecule has 0 aliphatic heterocycles. The highest BCUT2D eigenvalue weighted by molar-refractivity contribution is 6.28. The first-order valence-corrected chi connectivity index (χ1v) is 6.59. The lowest BCUT2D eigenvalue weighted by Gasteiger charge is -2.09. The molecule has 0 saturated heterocycles. The second-order valence-electron chi connectivity index (χ2n) is 4.59. The summed E-state index contributed by atoms with van der Waals surface area (Å²) in [6.07, 6.45) is 1.15. The molecule has 0 bridgehead atoms. The fraction of sp³-hybridized carbons (Fsp3) is 0.333. The van der Waals surface area contributed by atoms with Gasteiger partial charge in [0.15, 0.2) is 0 Å². The van der Waals surface area contributed by atoms with Crippen molar-refractivity contribution in [1.82, 2.24) is 9.97 Å². The van der Waals surface area contributed by atoms with Crippen molar-refractivity contribution in [3.05, 3.63) is 46.9 Å². The molecule has 2 rings (SSSR count). The number of benzene rings is 1. The minimum absolute atomic E-state index is 0.302. The number of aryl methyl sites for hydroxylation is 1. The SMILES string of the molecule is CCC(C)c1ccc(-c2cc(C)nc(Cl)n2)cc1. The van der Waals surface area contributed by atoms with Crippen molar-refractivity contribution in [2.75, 3.05) is 0 Å². The molecule has 18 heavy (non-hydrogen) atoms. The molecule has 0 saturated carbocycles. The van der Waals surface area contributed by atoms with Gasteiger partial charge in [0.2, 0.25) is 5.28 Å². The van der Waals surface area contributed by atoms with Crippen molar-refractivity contribution >= 4 is 11.6 Å². The lowest BCUT2D eigenvalue weighted by Crippen LogP contribution is -1.93. The predicted octanol–water partition coefficient (Wildman–Crippen LogP) is 4.62. The molecule has 0 aliphatic carbocycles. The van der Waals surface area contributed by atoms with Crippen molar-refractivity contribution in [2.24, 2.45) is 0 Å². The summed E-state index contributed by atoms with van der Waals surface area (Å²) in [5.41, 5.74) is 4.20. The Morgan fingerprint density at radius 1 is 1.17 bits per heavy atom. The molecule has 1 atom stereocenters. The molecule has 2 nitrogen and oxygen atoms in total. The molecule has 1 aromatic carbocycles. The predicted molar refractivity (Wildman–Crippen MR) is 75.9 cm³/mol. The fourth-order valence-electron chi connectivity index (χ4n) is 1.90. The van der Waals surface area contributed by atoms with Crippen molar-refractivity contribution in [3.63, 3.8) is 0 Å². The lowest BCUT2D eigenvalue weighted by atomic mass is 9.97. The molecule has 0 amide bonds. The van der Waals surface area contributed by atoms with Gasteiger partial charge in [-0.25, -0.2) is 9.97 Å². The molecule has 1 unspecified atom stereocenters. The highest BCUT2D eigenvalue weighted by atomic mass is 35.5. The summed E-state index contributed by atoms with van der Waals surface area (Å²) < 4.78 is 0. The van der Waals surface area contributed by atoms with Gasteiger partial charge in [0.25, 0.3) is 0 Å². The molecular formula is C15H17ClN2. The van der Waals surface area contributed by atoms with Crippen LogP contribution in [0, 0.1) is 6.92 Å². The molecule has 0 spiro atoms. The van der Waals surface area contributed by atoms with Gasteiger partial charge in [-0.05, 0) is 42.5 Å². The maximum absolute atomic E-state index is 5.88. The topological polar surface area (TPSA) is 25.8 Å². The van der Waals surface area contributed by atoms with Gasteiger partial charge in [-0.2, -0.15) is 0 Å². The Morgan fingerprint density at radius 2 is 1.83 bits per heavy atom. The molecule has 0 fully saturated rings. The number of rotatable bonds is 3. The van der Waals surface area contributed by atoms with Gasteiger partial charge in [-0.15, -0.1) is 0 Å². The van der Waals surface area contributed by atoms with Crippen molar-refractivity contribution in [2.45, 2.75) is 33.1 Å². The molecule has 2 aromatic rings. The molecule has 1 heterocycles. The summed E-state index contributed by atoms with van der Waals surface area (Å²) in [5, 5.41) is 0.302. The van der Waals surface area contributed by atoms with Gasteiger partial charge in [-0.1, -0.05) is 38.1 Å². The van der Waals surface area contributed by atoms with Crippen LogP contribution in [0.5, 0.6) is 0 Å². The zero-order valence-corrected chi connectivity index (χ0v) is 11.7. The van der Waals surface area contributed by atoms with Crippen molar-refractivity contribution < 1.29 is 0 Å². The first-order chi connectivity index (χ1) is 8.60. The molecule has 0 N–H and O–H groups in total. The van der Waals surface area contributed by atoms with Gasteiger partial charge >= 0.3 is 0 Å². The van der Waals surface area contributed by atoms with Gasteiger partial charge < -0.3 is 0 Å². The molecule has 3 heteroatoms. The third kappa shape index (κ3) is 2.88. The van der Waals surface area contributed by atoms with Crippen LogP contribution < -0.4 is 0 Å². The van der Waals surface area contributed by atoms with E-state index in [1.54, 1.807) is 0 Å². The zero-order valence-electron chi connectivity index (χ0n) is 10.9. The van der Waals surface area contributed by atoms with Crippen LogP contribution in [-0.2, 0) is 0 Å². The van der Waals surface area contributed by atoms with Crippen LogP contribution in [0.4, 0.5) is 0 Å². The minimum Gasteiger partial charge on any atom is -0.223 e. The zero-order chi connectivity index (χ0) is 13.1. The largest absolute Gasteiger partial charge is 0.223 e. The molecule has 0 aliphatic rings. The summed E-state index contributed by atoms with van der Waals surface area (Å²) in [5.74, 6) is 0.592. The Kier molecular flexibility index (Phi) is 3.97. The first-order valence-electron chi connectivity index (χ1n) is 6.21. The average molecular weight is 261 g/mol. The van der Waals surface area contributed by atoms with Gasteiger partial charge in [0, 0.05) is 11.3 Å². The van der Waals surface area contributed by atoms with Gasteiger partial charge in [0.05, 0.1) is 5.69 Å². The van der Waals surface area contributed by atoms with Gasteiger partial charge in [0.1, 0.15) is 0 Å². The number of hydrogen-bond donors (Lipinski definition) is 0. The van der Waals surface area contributed by atoms with Gasteiger partial charge in [-0.3, -0.25) is 0 Å². The normalized spacial score (nSPS) is 12.4. The first kappa shape index (κ1) is 13.0. The number of aromatic nitrogens is 2. The van der Waals surface area contributed by atoms with E-state index in [0.29, 0.717) is 11.2 Å². The lowest BCUT2D eigenvalue weighted by molar-refractivity contribution is 0.734. The Balaban J connectivity index is 2.34. The fourth-order valence-corrected chi connectivity index (χ4v) is 2.12. The Bertz CT molecular complexity index is 514. The number of hydrogen-bond acceptors (Lipinski definition) is 2. The van der Waals surface area contributed by atoms with Crippen LogP contribution in [0.3, 0.4) is 0 Å². The van der Waals surface area contributed by atoms with E-state index in [2.05, 4.69) is 48.1 Å². The summed E-state index contributed by atoms with van der Waals surface area (Å²) in [6.45, 7) is 6.36. The second-order valence-corrected chi connectivity index (χ2v) is 4.93.